The summed E-state index contributed by atoms with van der Waals surface area (Å²) in [7, 11) is 0. The quantitative estimate of drug-likeness (QED) is 0.646. The SMILES string of the molecule is C[C@@H]1CCC[C@H](C)N1CCCOc1cccc(C(N)=S)c1. The lowest BCUT2D eigenvalue weighted by molar-refractivity contribution is 0.0961. The summed E-state index contributed by atoms with van der Waals surface area (Å²) in [5.74, 6) is 0.847. The van der Waals surface area contributed by atoms with Gasteiger partial charge in [-0.25, -0.2) is 0 Å². The van der Waals surface area contributed by atoms with Gasteiger partial charge in [0.05, 0.1) is 6.61 Å². The van der Waals surface area contributed by atoms with Crippen LogP contribution in [0.25, 0.3) is 0 Å². The van der Waals surface area contributed by atoms with Crippen LogP contribution < -0.4 is 10.5 Å². The second-order valence-corrected chi connectivity index (χ2v) is 6.40. The van der Waals surface area contributed by atoms with Gasteiger partial charge in [0.1, 0.15) is 10.7 Å². The monoisotopic (exact) mass is 306 g/mol. The molecule has 0 spiro atoms. The molecular formula is C17H26N2OS. The highest BCUT2D eigenvalue weighted by atomic mass is 32.1. The number of hydrogen-bond donors (Lipinski definition) is 1. The highest BCUT2D eigenvalue weighted by Crippen LogP contribution is 2.22. The molecule has 1 aliphatic heterocycles. The summed E-state index contributed by atoms with van der Waals surface area (Å²) in [6, 6.07) is 9.10. The zero-order chi connectivity index (χ0) is 15.2. The first-order valence-electron chi connectivity index (χ1n) is 7.86. The van der Waals surface area contributed by atoms with Gasteiger partial charge in [-0.15, -0.1) is 0 Å². The van der Waals surface area contributed by atoms with E-state index in [2.05, 4.69) is 18.7 Å². The molecule has 3 nitrogen and oxygen atoms in total. The molecule has 4 heteroatoms. The zero-order valence-corrected chi connectivity index (χ0v) is 13.9. The van der Waals surface area contributed by atoms with Crippen molar-refractivity contribution in [2.75, 3.05) is 13.2 Å². The Labute approximate surface area is 133 Å². The topological polar surface area (TPSA) is 38.5 Å². The van der Waals surface area contributed by atoms with E-state index in [1.807, 2.05) is 24.3 Å². The van der Waals surface area contributed by atoms with Gasteiger partial charge in [0.15, 0.2) is 0 Å². The van der Waals surface area contributed by atoms with Gasteiger partial charge in [0.25, 0.3) is 0 Å². The maximum absolute atomic E-state index is 5.82. The molecule has 2 N–H and O–H groups in total. The molecule has 1 aromatic carbocycles. The molecule has 0 unspecified atom stereocenters. The maximum atomic E-state index is 5.82. The summed E-state index contributed by atoms with van der Waals surface area (Å²) < 4.78 is 5.82. The second-order valence-electron chi connectivity index (χ2n) is 5.96. The smallest absolute Gasteiger partial charge is 0.119 e. The minimum Gasteiger partial charge on any atom is -0.494 e. The van der Waals surface area contributed by atoms with E-state index in [9.17, 15) is 0 Å². The van der Waals surface area contributed by atoms with E-state index in [1.165, 1.54) is 19.3 Å². The Balaban J connectivity index is 1.76. The number of nitrogens with two attached hydrogens (primary N) is 1. The second kappa shape index (κ2) is 7.76. The van der Waals surface area contributed by atoms with Gasteiger partial charge in [0.2, 0.25) is 0 Å². The van der Waals surface area contributed by atoms with E-state index < -0.39 is 0 Å². The minimum atomic E-state index is 0.413. The third kappa shape index (κ3) is 4.68. The normalized spacial score (nSPS) is 23.0. The molecule has 1 heterocycles. The minimum absolute atomic E-state index is 0.413. The summed E-state index contributed by atoms with van der Waals surface area (Å²) in [6.07, 6.45) is 5.05. The predicted molar refractivity (Wildman–Crippen MR) is 91.9 cm³/mol. The fourth-order valence-electron chi connectivity index (χ4n) is 3.09. The molecule has 2 atom stereocenters. The fraction of sp³-hybridized carbons (Fsp3) is 0.588. The lowest BCUT2D eigenvalue weighted by atomic mass is 9.97. The first-order chi connectivity index (χ1) is 10.1. The summed E-state index contributed by atoms with van der Waals surface area (Å²) >= 11 is 4.98. The molecule has 0 amide bonds. The lowest BCUT2D eigenvalue weighted by Crippen LogP contribution is -2.44. The molecule has 1 aromatic rings. The summed E-state index contributed by atoms with van der Waals surface area (Å²) in [5, 5.41) is 0. The molecule has 0 aromatic heterocycles. The van der Waals surface area contributed by atoms with Crippen LogP contribution in [0.2, 0.25) is 0 Å². The Morgan fingerprint density at radius 1 is 1.33 bits per heavy atom. The van der Waals surface area contributed by atoms with E-state index in [0.717, 1.165) is 30.9 Å². The molecule has 0 saturated carbocycles. The number of ether oxygens (including phenoxy) is 1. The molecule has 1 aliphatic rings. The fourth-order valence-corrected chi connectivity index (χ4v) is 3.22. The van der Waals surface area contributed by atoms with Crippen LogP contribution in [-0.2, 0) is 0 Å². The first kappa shape index (κ1) is 16.2. The van der Waals surface area contributed by atoms with Crippen molar-refractivity contribution in [3.8, 4) is 5.75 Å². The van der Waals surface area contributed by atoms with Gasteiger partial charge in [-0.05, 0) is 45.2 Å². The highest BCUT2D eigenvalue weighted by molar-refractivity contribution is 7.80. The van der Waals surface area contributed by atoms with Crippen molar-refractivity contribution in [1.29, 1.82) is 0 Å². The van der Waals surface area contributed by atoms with Gasteiger partial charge in [-0.1, -0.05) is 30.8 Å². The third-order valence-electron chi connectivity index (χ3n) is 4.32. The average molecular weight is 306 g/mol. The molecule has 0 radical (unpaired) electrons. The van der Waals surface area contributed by atoms with Gasteiger partial charge in [-0.2, -0.15) is 0 Å². The van der Waals surface area contributed by atoms with Gasteiger partial charge >= 0.3 is 0 Å². The Hall–Kier alpha value is -1.13. The van der Waals surface area contributed by atoms with Crippen LogP contribution in [0.15, 0.2) is 24.3 Å². The van der Waals surface area contributed by atoms with Crippen molar-refractivity contribution >= 4 is 17.2 Å². The Kier molecular flexibility index (Phi) is 6.00. The maximum Gasteiger partial charge on any atom is 0.119 e. The largest absolute Gasteiger partial charge is 0.494 e. The molecule has 0 aliphatic carbocycles. The van der Waals surface area contributed by atoms with Gasteiger partial charge < -0.3 is 10.5 Å². The van der Waals surface area contributed by atoms with Crippen molar-refractivity contribution in [3.05, 3.63) is 29.8 Å². The molecule has 0 bridgehead atoms. The highest BCUT2D eigenvalue weighted by Gasteiger charge is 2.23. The van der Waals surface area contributed by atoms with E-state index in [4.69, 9.17) is 22.7 Å². The van der Waals surface area contributed by atoms with Crippen LogP contribution in [0.4, 0.5) is 0 Å². The van der Waals surface area contributed by atoms with Crippen LogP contribution in [0.3, 0.4) is 0 Å². The summed E-state index contributed by atoms with van der Waals surface area (Å²) in [4.78, 5) is 3.02. The summed E-state index contributed by atoms with van der Waals surface area (Å²) in [6.45, 7) is 6.51. The third-order valence-corrected chi connectivity index (χ3v) is 4.56. The van der Waals surface area contributed by atoms with Crippen LogP contribution in [0.1, 0.15) is 45.1 Å². The molecular weight excluding hydrogens is 280 g/mol. The summed E-state index contributed by atoms with van der Waals surface area (Å²) in [5.41, 5.74) is 6.50. The molecule has 21 heavy (non-hydrogen) atoms. The first-order valence-corrected chi connectivity index (χ1v) is 8.27. The van der Waals surface area contributed by atoms with Crippen molar-refractivity contribution in [1.82, 2.24) is 4.90 Å². The van der Waals surface area contributed by atoms with Gasteiger partial charge in [-0.3, -0.25) is 4.90 Å². The number of piperidine rings is 1. The number of benzene rings is 1. The average Bonchev–Trinajstić information content (AvgIpc) is 2.46. The number of hydrogen-bond acceptors (Lipinski definition) is 3. The molecule has 1 saturated heterocycles. The van der Waals surface area contributed by atoms with E-state index >= 15 is 0 Å². The number of nitrogens with zero attached hydrogens (tertiary/aromatic N) is 1. The molecule has 116 valence electrons. The predicted octanol–water partition coefficient (Wildman–Crippen LogP) is 3.35. The van der Waals surface area contributed by atoms with Crippen molar-refractivity contribution in [2.45, 2.75) is 51.6 Å². The van der Waals surface area contributed by atoms with Crippen molar-refractivity contribution in [2.24, 2.45) is 5.73 Å². The van der Waals surface area contributed by atoms with E-state index in [0.29, 0.717) is 17.1 Å². The molecule has 1 fully saturated rings. The Morgan fingerprint density at radius 3 is 2.71 bits per heavy atom. The van der Waals surface area contributed by atoms with Crippen molar-refractivity contribution < 1.29 is 4.74 Å². The lowest BCUT2D eigenvalue weighted by Gasteiger charge is -2.39. The molecule has 2 rings (SSSR count). The zero-order valence-electron chi connectivity index (χ0n) is 13.0. The van der Waals surface area contributed by atoms with Gasteiger partial charge in [0, 0.05) is 24.2 Å². The van der Waals surface area contributed by atoms with Crippen LogP contribution in [0.5, 0.6) is 5.75 Å². The number of rotatable bonds is 6. The number of likely N-dealkylation sites (tertiary alicyclic amines) is 1. The number of thiocarbonyl (C=S) groups is 1. The Bertz CT molecular complexity index is 468. The van der Waals surface area contributed by atoms with Crippen LogP contribution in [-0.4, -0.2) is 35.1 Å². The van der Waals surface area contributed by atoms with E-state index in [1.54, 1.807) is 0 Å². The Morgan fingerprint density at radius 2 is 2.05 bits per heavy atom. The van der Waals surface area contributed by atoms with Crippen LogP contribution >= 0.6 is 12.2 Å². The van der Waals surface area contributed by atoms with E-state index in [-0.39, 0.29) is 0 Å². The standard InChI is InChI=1S/C17H26N2OS/c1-13-6-3-7-14(2)19(13)10-5-11-20-16-9-4-8-15(12-16)17(18)21/h4,8-9,12-14H,3,5-7,10-11H2,1-2H3,(H2,18,21)/t13-,14+. The van der Waals surface area contributed by atoms with Crippen molar-refractivity contribution in [3.63, 3.8) is 0 Å². The van der Waals surface area contributed by atoms with Crippen LogP contribution in [0, 0.1) is 0 Å².